The van der Waals surface area contributed by atoms with Crippen LogP contribution in [0.4, 0.5) is 0 Å². The first kappa shape index (κ1) is 12.5. The molecule has 1 aromatic carbocycles. The summed E-state index contributed by atoms with van der Waals surface area (Å²) in [5.41, 5.74) is 1.96. The first-order valence-electron chi connectivity index (χ1n) is 5.15. The lowest BCUT2D eigenvalue weighted by atomic mass is 10.2. The summed E-state index contributed by atoms with van der Waals surface area (Å²) in [6.07, 6.45) is 1.89. The van der Waals surface area contributed by atoms with Crippen molar-refractivity contribution in [1.82, 2.24) is 9.78 Å². The van der Waals surface area contributed by atoms with E-state index in [4.69, 9.17) is 16.3 Å². The molecule has 0 aliphatic rings. The molecule has 1 heterocycles. The maximum Gasteiger partial charge on any atom is 0.134 e. The van der Waals surface area contributed by atoms with Gasteiger partial charge in [0.25, 0.3) is 0 Å². The van der Waals surface area contributed by atoms with E-state index >= 15 is 0 Å². The van der Waals surface area contributed by atoms with Gasteiger partial charge >= 0.3 is 0 Å². The topological polar surface area (TPSA) is 27.1 Å². The van der Waals surface area contributed by atoms with Crippen LogP contribution >= 0.6 is 27.5 Å². The van der Waals surface area contributed by atoms with Crippen molar-refractivity contribution in [2.45, 2.75) is 12.5 Å². The van der Waals surface area contributed by atoms with Gasteiger partial charge < -0.3 is 4.74 Å². The van der Waals surface area contributed by atoms with Gasteiger partial charge in [-0.15, -0.1) is 11.6 Å². The third kappa shape index (κ3) is 3.23. The molecule has 90 valence electrons. The molecule has 0 N–H and O–H groups in total. The second kappa shape index (κ2) is 5.56. The van der Waals surface area contributed by atoms with Crippen molar-refractivity contribution in [3.8, 4) is 5.75 Å². The van der Waals surface area contributed by atoms with Crippen LogP contribution in [0.1, 0.15) is 11.3 Å². The zero-order chi connectivity index (χ0) is 12.3. The van der Waals surface area contributed by atoms with Crippen molar-refractivity contribution in [3.05, 3.63) is 46.2 Å². The highest BCUT2D eigenvalue weighted by Crippen LogP contribution is 2.27. The van der Waals surface area contributed by atoms with Crippen molar-refractivity contribution in [1.29, 1.82) is 0 Å². The molecule has 0 aliphatic carbocycles. The molecule has 0 atom stereocenters. The number of benzene rings is 1. The molecule has 2 aromatic rings. The zero-order valence-electron chi connectivity index (χ0n) is 9.36. The Morgan fingerprint density at radius 2 is 2.24 bits per heavy atom. The van der Waals surface area contributed by atoms with E-state index in [-0.39, 0.29) is 0 Å². The third-order valence-corrected chi connectivity index (χ3v) is 3.22. The zero-order valence-corrected chi connectivity index (χ0v) is 11.7. The summed E-state index contributed by atoms with van der Waals surface area (Å²) >= 11 is 9.21. The lowest BCUT2D eigenvalue weighted by molar-refractivity contribution is 0.298. The number of ether oxygens (including phenoxy) is 1. The van der Waals surface area contributed by atoms with Crippen LogP contribution in [-0.4, -0.2) is 9.78 Å². The van der Waals surface area contributed by atoms with E-state index in [1.807, 2.05) is 37.5 Å². The van der Waals surface area contributed by atoms with Gasteiger partial charge in [0.1, 0.15) is 12.4 Å². The summed E-state index contributed by atoms with van der Waals surface area (Å²) in [4.78, 5) is 0. The average Bonchev–Trinajstić information content (AvgIpc) is 2.73. The first-order chi connectivity index (χ1) is 8.19. The van der Waals surface area contributed by atoms with E-state index in [1.165, 1.54) is 0 Å². The van der Waals surface area contributed by atoms with Gasteiger partial charge in [-0.3, -0.25) is 4.68 Å². The Labute approximate surface area is 113 Å². The van der Waals surface area contributed by atoms with Crippen LogP contribution < -0.4 is 4.74 Å². The molecule has 0 bridgehead atoms. The van der Waals surface area contributed by atoms with Gasteiger partial charge in [0.15, 0.2) is 0 Å². The molecule has 0 spiro atoms. The van der Waals surface area contributed by atoms with Crippen molar-refractivity contribution in [2.24, 2.45) is 7.05 Å². The number of nitrogens with zero attached hydrogens (tertiary/aromatic N) is 2. The van der Waals surface area contributed by atoms with E-state index < -0.39 is 0 Å². The molecule has 5 heteroatoms. The maximum atomic E-state index is 5.75. The second-order valence-electron chi connectivity index (χ2n) is 3.67. The fourth-order valence-corrected chi connectivity index (χ4v) is 2.14. The number of hydrogen-bond acceptors (Lipinski definition) is 2. The molecule has 0 aliphatic heterocycles. The largest absolute Gasteiger partial charge is 0.486 e. The van der Waals surface area contributed by atoms with Gasteiger partial charge in [0, 0.05) is 19.1 Å². The van der Waals surface area contributed by atoms with Crippen LogP contribution in [0.2, 0.25) is 0 Å². The third-order valence-electron chi connectivity index (χ3n) is 2.29. The fourth-order valence-electron chi connectivity index (χ4n) is 1.44. The van der Waals surface area contributed by atoms with Gasteiger partial charge in [0.05, 0.1) is 10.2 Å². The number of halogens is 2. The Kier molecular flexibility index (Phi) is 4.07. The molecule has 0 saturated heterocycles. The summed E-state index contributed by atoms with van der Waals surface area (Å²) in [7, 11) is 1.88. The second-order valence-corrected chi connectivity index (χ2v) is 4.79. The predicted octanol–water partition coefficient (Wildman–Crippen LogP) is 3.50. The summed E-state index contributed by atoms with van der Waals surface area (Å²) in [5.74, 6) is 1.29. The first-order valence-corrected chi connectivity index (χ1v) is 6.47. The van der Waals surface area contributed by atoms with Gasteiger partial charge in [-0.1, -0.05) is 6.07 Å². The normalized spacial score (nSPS) is 10.5. The predicted molar refractivity (Wildman–Crippen MR) is 71.2 cm³/mol. The minimum atomic E-state index is 0.458. The molecule has 0 unspecified atom stereocenters. The van der Waals surface area contributed by atoms with E-state index in [0.29, 0.717) is 12.5 Å². The molecule has 0 radical (unpaired) electrons. The van der Waals surface area contributed by atoms with Gasteiger partial charge in [0.2, 0.25) is 0 Å². The van der Waals surface area contributed by atoms with Crippen LogP contribution in [0, 0.1) is 0 Å². The molecular formula is C12H12BrClN2O. The lowest BCUT2D eigenvalue weighted by Crippen LogP contribution is -1.98. The highest BCUT2D eigenvalue weighted by molar-refractivity contribution is 9.10. The van der Waals surface area contributed by atoms with Crippen LogP contribution in [0.3, 0.4) is 0 Å². The van der Waals surface area contributed by atoms with Crippen LogP contribution in [-0.2, 0) is 19.5 Å². The van der Waals surface area contributed by atoms with E-state index in [1.54, 1.807) is 4.68 Å². The highest BCUT2D eigenvalue weighted by Gasteiger charge is 2.04. The van der Waals surface area contributed by atoms with Crippen molar-refractivity contribution in [3.63, 3.8) is 0 Å². The summed E-state index contributed by atoms with van der Waals surface area (Å²) in [5, 5.41) is 4.24. The van der Waals surface area contributed by atoms with Crippen LogP contribution in [0.25, 0.3) is 0 Å². The molecule has 17 heavy (non-hydrogen) atoms. The van der Waals surface area contributed by atoms with Gasteiger partial charge in [-0.2, -0.15) is 5.10 Å². The molecule has 0 saturated carbocycles. The molecule has 0 fully saturated rings. The number of aryl methyl sites for hydroxylation is 1. The Balaban J connectivity index is 2.04. The van der Waals surface area contributed by atoms with E-state index in [0.717, 1.165) is 21.5 Å². The van der Waals surface area contributed by atoms with E-state index in [2.05, 4.69) is 21.0 Å². The maximum absolute atomic E-state index is 5.75. The van der Waals surface area contributed by atoms with Gasteiger partial charge in [-0.25, -0.2) is 0 Å². The lowest BCUT2D eigenvalue weighted by Gasteiger charge is -2.07. The standard InChI is InChI=1S/C12H12BrClN2O/c1-16-5-4-10(15-16)8-17-12-3-2-9(7-14)6-11(12)13/h2-6H,7-8H2,1H3. The summed E-state index contributed by atoms with van der Waals surface area (Å²) in [6.45, 7) is 0.458. The highest BCUT2D eigenvalue weighted by atomic mass is 79.9. The summed E-state index contributed by atoms with van der Waals surface area (Å²) < 4.78 is 8.33. The van der Waals surface area contributed by atoms with Crippen LogP contribution in [0.15, 0.2) is 34.9 Å². The minimum absolute atomic E-state index is 0.458. The SMILES string of the molecule is Cn1ccc(COc2ccc(CCl)cc2Br)n1. The Morgan fingerprint density at radius 1 is 1.41 bits per heavy atom. The number of hydrogen-bond donors (Lipinski definition) is 0. The molecule has 0 amide bonds. The van der Waals surface area contributed by atoms with Gasteiger partial charge in [-0.05, 0) is 39.7 Å². The molecule has 1 aromatic heterocycles. The summed E-state index contributed by atoms with van der Waals surface area (Å²) in [6, 6.07) is 7.75. The van der Waals surface area contributed by atoms with E-state index in [9.17, 15) is 0 Å². The van der Waals surface area contributed by atoms with Crippen molar-refractivity contribution in [2.75, 3.05) is 0 Å². The Bertz CT molecular complexity index is 513. The average molecular weight is 316 g/mol. The number of rotatable bonds is 4. The van der Waals surface area contributed by atoms with Crippen LogP contribution in [0.5, 0.6) is 5.75 Å². The van der Waals surface area contributed by atoms with Crippen molar-refractivity contribution < 1.29 is 4.74 Å². The number of aromatic nitrogens is 2. The Hall–Kier alpha value is -1.000. The Morgan fingerprint density at radius 3 is 2.82 bits per heavy atom. The molecule has 2 rings (SSSR count). The molecular weight excluding hydrogens is 304 g/mol. The monoisotopic (exact) mass is 314 g/mol. The smallest absolute Gasteiger partial charge is 0.134 e. The van der Waals surface area contributed by atoms with Crippen molar-refractivity contribution >= 4 is 27.5 Å². The fraction of sp³-hybridized carbons (Fsp3) is 0.250. The quantitative estimate of drug-likeness (QED) is 0.808. The minimum Gasteiger partial charge on any atom is -0.486 e. The molecule has 3 nitrogen and oxygen atoms in total. The number of alkyl halides is 1.